The SMILES string of the molecule is CN(C)OC(C)(COCC(C)(COC(C)(C)C)ON(C)C)COC(C)(C)C. The molecule has 0 heterocycles. The lowest BCUT2D eigenvalue weighted by Crippen LogP contribution is -2.49. The summed E-state index contributed by atoms with van der Waals surface area (Å²) in [6, 6.07) is 0. The standard InChI is InChI=1S/C20H44N2O5/c1-17(2,3)24-15-19(7,26-21(9)10)13-23-14-20(8,27-22(11)12)16-25-18(4,5)6/h13-16H2,1-12H3. The Hall–Kier alpha value is -0.280. The zero-order valence-corrected chi connectivity index (χ0v) is 19.8. The minimum Gasteiger partial charge on any atom is -0.375 e. The Balaban J connectivity index is 4.93. The molecule has 0 saturated heterocycles. The normalized spacial score (nSPS) is 18.0. The van der Waals surface area contributed by atoms with Crippen LogP contribution in [0.5, 0.6) is 0 Å². The second-order valence-electron chi connectivity index (χ2n) is 10.0. The van der Waals surface area contributed by atoms with Gasteiger partial charge in [-0.2, -0.15) is 10.1 Å². The summed E-state index contributed by atoms with van der Waals surface area (Å²) in [5, 5.41) is 3.35. The first-order valence-electron chi connectivity index (χ1n) is 9.54. The molecule has 0 aliphatic heterocycles. The molecule has 7 heteroatoms. The topological polar surface area (TPSA) is 52.6 Å². The predicted molar refractivity (Wildman–Crippen MR) is 109 cm³/mol. The first kappa shape index (κ1) is 26.7. The third-order valence-corrected chi connectivity index (χ3v) is 3.24. The molecule has 0 aliphatic rings. The Kier molecular flexibility index (Phi) is 10.4. The molecule has 0 aliphatic carbocycles. The number of rotatable bonds is 12. The lowest BCUT2D eigenvalue weighted by molar-refractivity contribution is -0.278. The molecule has 0 fully saturated rings. The van der Waals surface area contributed by atoms with Gasteiger partial charge in [-0.25, -0.2) is 0 Å². The maximum Gasteiger partial charge on any atom is 0.133 e. The van der Waals surface area contributed by atoms with Crippen LogP contribution in [0.1, 0.15) is 55.4 Å². The fourth-order valence-corrected chi connectivity index (χ4v) is 2.29. The average Bonchev–Trinajstić information content (AvgIpc) is 2.40. The van der Waals surface area contributed by atoms with E-state index in [9.17, 15) is 0 Å². The molecule has 2 unspecified atom stereocenters. The van der Waals surface area contributed by atoms with E-state index >= 15 is 0 Å². The first-order valence-corrected chi connectivity index (χ1v) is 9.54. The predicted octanol–water partition coefficient (Wildman–Crippen LogP) is 3.14. The Bertz CT molecular complexity index is 380. The quantitative estimate of drug-likeness (QED) is 0.473. The van der Waals surface area contributed by atoms with E-state index in [-0.39, 0.29) is 11.2 Å². The lowest BCUT2D eigenvalue weighted by Gasteiger charge is -2.37. The fourth-order valence-electron chi connectivity index (χ4n) is 2.29. The smallest absolute Gasteiger partial charge is 0.133 e. The highest BCUT2D eigenvalue weighted by Crippen LogP contribution is 2.21. The van der Waals surface area contributed by atoms with Gasteiger partial charge in [0.15, 0.2) is 0 Å². The summed E-state index contributed by atoms with van der Waals surface area (Å²) in [5.41, 5.74) is -1.72. The second kappa shape index (κ2) is 10.5. The van der Waals surface area contributed by atoms with Crippen LogP contribution in [0.4, 0.5) is 0 Å². The van der Waals surface area contributed by atoms with Crippen LogP contribution in [0, 0.1) is 0 Å². The minimum atomic E-state index is -0.610. The summed E-state index contributed by atoms with van der Waals surface area (Å²) in [7, 11) is 7.41. The third-order valence-electron chi connectivity index (χ3n) is 3.24. The van der Waals surface area contributed by atoms with E-state index in [0.717, 1.165) is 0 Å². The van der Waals surface area contributed by atoms with E-state index in [4.69, 9.17) is 23.9 Å². The van der Waals surface area contributed by atoms with Crippen LogP contribution >= 0.6 is 0 Å². The van der Waals surface area contributed by atoms with Crippen molar-refractivity contribution in [1.82, 2.24) is 10.1 Å². The van der Waals surface area contributed by atoms with E-state index in [1.807, 2.05) is 83.6 Å². The molecule has 0 aromatic rings. The summed E-state index contributed by atoms with van der Waals surface area (Å²) in [6.45, 7) is 17.7. The molecular weight excluding hydrogens is 348 g/mol. The molecule has 0 rings (SSSR count). The second-order valence-corrected chi connectivity index (χ2v) is 10.0. The zero-order chi connectivity index (χ0) is 21.5. The van der Waals surface area contributed by atoms with Gasteiger partial charge in [0.05, 0.1) is 37.6 Å². The van der Waals surface area contributed by atoms with Crippen LogP contribution in [-0.4, -0.2) is 87.1 Å². The van der Waals surface area contributed by atoms with Gasteiger partial charge in [-0.3, -0.25) is 9.68 Å². The van der Waals surface area contributed by atoms with Crippen LogP contribution < -0.4 is 0 Å². The van der Waals surface area contributed by atoms with Gasteiger partial charge >= 0.3 is 0 Å². The molecule has 0 amide bonds. The molecule has 27 heavy (non-hydrogen) atoms. The maximum absolute atomic E-state index is 6.03. The Morgan fingerprint density at radius 3 is 1.04 bits per heavy atom. The van der Waals surface area contributed by atoms with Gasteiger partial charge in [0.25, 0.3) is 0 Å². The average molecular weight is 393 g/mol. The molecule has 0 bridgehead atoms. The van der Waals surface area contributed by atoms with Crippen molar-refractivity contribution in [3.05, 3.63) is 0 Å². The Morgan fingerprint density at radius 1 is 0.519 bits per heavy atom. The van der Waals surface area contributed by atoms with Gasteiger partial charge in [0.2, 0.25) is 0 Å². The number of hydroxylamine groups is 4. The number of nitrogens with zero attached hydrogens (tertiary/aromatic N) is 2. The van der Waals surface area contributed by atoms with Crippen molar-refractivity contribution in [3.8, 4) is 0 Å². The van der Waals surface area contributed by atoms with Crippen molar-refractivity contribution >= 4 is 0 Å². The maximum atomic E-state index is 6.03. The highest BCUT2D eigenvalue weighted by Gasteiger charge is 2.34. The molecule has 7 nitrogen and oxygen atoms in total. The van der Waals surface area contributed by atoms with Crippen LogP contribution in [-0.2, 0) is 23.9 Å². The zero-order valence-electron chi connectivity index (χ0n) is 19.8. The third kappa shape index (κ3) is 14.4. The summed E-state index contributed by atoms with van der Waals surface area (Å²) >= 11 is 0. The summed E-state index contributed by atoms with van der Waals surface area (Å²) < 4.78 is 17.9. The molecule has 2 atom stereocenters. The molecule has 0 N–H and O–H groups in total. The van der Waals surface area contributed by atoms with Crippen molar-refractivity contribution in [3.63, 3.8) is 0 Å². The number of ether oxygens (including phenoxy) is 3. The molecule has 0 aromatic carbocycles. The van der Waals surface area contributed by atoms with Gasteiger partial charge in [0, 0.05) is 28.2 Å². The van der Waals surface area contributed by atoms with Gasteiger partial charge in [-0.1, -0.05) is 0 Å². The van der Waals surface area contributed by atoms with Crippen molar-refractivity contribution in [1.29, 1.82) is 0 Å². The monoisotopic (exact) mass is 392 g/mol. The summed E-state index contributed by atoms with van der Waals surface area (Å²) in [4.78, 5) is 11.9. The molecule has 164 valence electrons. The highest BCUT2D eigenvalue weighted by atomic mass is 16.7. The van der Waals surface area contributed by atoms with E-state index in [0.29, 0.717) is 26.4 Å². The molecule has 0 aromatic heterocycles. The highest BCUT2D eigenvalue weighted by molar-refractivity contribution is 4.80. The van der Waals surface area contributed by atoms with E-state index in [2.05, 4.69) is 0 Å². The summed E-state index contributed by atoms with van der Waals surface area (Å²) in [6.07, 6.45) is 0. The van der Waals surface area contributed by atoms with Crippen LogP contribution in [0.2, 0.25) is 0 Å². The minimum absolute atomic E-state index is 0.250. The lowest BCUT2D eigenvalue weighted by atomic mass is 10.1. The van der Waals surface area contributed by atoms with E-state index in [1.165, 1.54) is 0 Å². The van der Waals surface area contributed by atoms with Crippen molar-refractivity contribution in [2.24, 2.45) is 0 Å². The van der Waals surface area contributed by atoms with Gasteiger partial charge in [-0.15, -0.1) is 0 Å². The fraction of sp³-hybridized carbons (Fsp3) is 1.00. The van der Waals surface area contributed by atoms with Gasteiger partial charge in [-0.05, 0) is 55.4 Å². The van der Waals surface area contributed by atoms with E-state index < -0.39 is 11.2 Å². The Morgan fingerprint density at radius 2 is 0.815 bits per heavy atom. The largest absolute Gasteiger partial charge is 0.375 e. The number of hydrogen-bond donors (Lipinski definition) is 0. The first-order chi connectivity index (χ1) is 12.0. The van der Waals surface area contributed by atoms with E-state index in [1.54, 1.807) is 10.1 Å². The molecular formula is C20H44N2O5. The van der Waals surface area contributed by atoms with Gasteiger partial charge in [0.1, 0.15) is 11.2 Å². The van der Waals surface area contributed by atoms with Crippen molar-refractivity contribution < 1.29 is 23.9 Å². The molecule has 0 saturated carbocycles. The van der Waals surface area contributed by atoms with Crippen molar-refractivity contribution in [2.45, 2.75) is 77.8 Å². The van der Waals surface area contributed by atoms with Gasteiger partial charge < -0.3 is 14.2 Å². The Labute approximate surface area is 167 Å². The van der Waals surface area contributed by atoms with Crippen LogP contribution in [0.3, 0.4) is 0 Å². The van der Waals surface area contributed by atoms with Crippen molar-refractivity contribution in [2.75, 3.05) is 54.6 Å². The van der Waals surface area contributed by atoms with Crippen LogP contribution in [0.15, 0.2) is 0 Å². The number of hydrogen-bond acceptors (Lipinski definition) is 7. The molecule has 0 spiro atoms. The van der Waals surface area contributed by atoms with Crippen LogP contribution in [0.25, 0.3) is 0 Å². The summed E-state index contributed by atoms with van der Waals surface area (Å²) in [5.74, 6) is 0. The molecule has 0 radical (unpaired) electrons.